The number of halogens is 3. The molecule has 0 amide bonds. The highest BCUT2D eigenvalue weighted by atomic mass is 19.4. The van der Waals surface area contributed by atoms with Crippen LogP contribution < -0.4 is 5.32 Å². The third-order valence-electron chi connectivity index (χ3n) is 2.48. The van der Waals surface area contributed by atoms with Gasteiger partial charge in [0.2, 0.25) is 0 Å². The largest absolute Gasteiger partial charge is 0.466 e. The lowest BCUT2D eigenvalue weighted by molar-refractivity contribution is -0.136. The lowest BCUT2D eigenvalue weighted by atomic mass is 10.1. The molecular weight excluding hydrogens is 275 g/mol. The molecule has 0 fully saturated rings. The zero-order valence-corrected chi connectivity index (χ0v) is 10.6. The summed E-state index contributed by atoms with van der Waals surface area (Å²) in [7, 11) is 0.980. The van der Waals surface area contributed by atoms with Gasteiger partial charge in [-0.25, -0.2) is 4.79 Å². The monoisotopic (exact) mass is 289 g/mol. The summed E-state index contributed by atoms with van der Waals surface area (Å²) < 4.78 is 42.6. The first-order valence-corrected chi connectivity index (χ1v) is 5.67. The van der Waals surface area contributed by atoms with Gasteiger partial charge < -0.3 is 15.2 Å². The number of benzene rings is 1. The molecule has 0 bridgehead atoms. The first-order valence-electron chi connectivity index (χ1n) is 5.67. The van der Waals surface area contributed by atoms with E-state index < -0.39 is 30.5 Å². The van der Waals surface area contributed by atoms with E-state index >= 15 is 0 Å². The van der Waals surface area contributed by atoms with Crippen LogP contribution in [-0.2, 0) is 9.53 Å². The molecule has 1 rings (SSSR count). The van der Waals surface area contributed by atoms with Gasteiger partial charge in [-0.3, -0.25) is 0 Å². The van der Waals surface area contributed by atoms with E-state index in [4.69, 9.17) is 0 Å². The molecule has 20 heavy (non-hydrogen) atoms. The maximum Gasteiger partial charge on any atom is 0.431 e. The predicted molar refractivity (Wildman–Crippen MR) is 65.6 cm³/mol. The summed E-state index contributed by atoms with van der Waals surface area (Å²) in [5, 5.41) is 11.3. The average molecular weight is 289 g/mol. The first-order chi connectivity index (χ1) is 9.38. The van der Waals surface area contributed by atoms with Crippen LogP contribution in [0.4, 0.5) is 13.2 Å². The molecule has 0 saturated heterocycles. The predicted octanol–water partition coefficient (Wildman–Crippen LogP) is 1.93. The Morgan fingerprint density at radius 3 is 2.45 bits per heavy atom. The maximum absolute atomic E-state index is 12.8. The van der Waals surface area contributed by atoms with Crippen molar-refractivity contribution in [3.8, 4) is 0 Å². The van der Waals surface area contributed by atoms with Crippen molar-refractivity contribution in [1.29, 1.82) is 0 Å². The summed E-state index contributed by atoms with van der Waals surface area (Å²) in [6.45, 7) is -0.557. The number of carbonyl (C=O) groups is 1. The molecule has 0 spiro atoms. The fourth-order valence-corrected chi connectivity index (χ4v) is 1.49. The highest BCUT2D eigenvalue weighted by Crippen LogP contribution is 2.26. The topological polar surface area (TPSA) is 58.6 Å². The number of allylic oxidation sites excluding steroid dienone is 1. The minimum absolute atomic E-state index is 0.311. The molecule has 7 heteroatoms. The Hall–Kier alpha value is -2.02. The van der Waals surface area contributed by atoms with E-state index in [1.807, 2.05) is 0 Å². The van der Waals surface area contributed by atoms with Crippen molar-refractivity contribution >= 4 is 5.97 Å². The minimum atomic E-state index is -4.75. The number of aliphatic hydroxyl groups excluding tert-OH is 1. The molecule has 0 saturated carbocycles. The number of esters is 1. The Balaban J connectivity index is 2.99. The molecule has 1 atom stereocenters. The van der Waals surface area contributed by atoms with Crippen LogP contribution in [0.5, 0.6) is 0 Å². The maximum atomic E-state index is 12.8. The Morgan fingerprint density at radius 2 is 2.00 bits per heavy atom. The van der Waals surface area contributed by atoms with Crippen LogP contribution in [0.1, 0.15) is 11.6 Å². The summed E-state index contributed by atoms with van der Waals surface area (Å²) in [6, 6.07) is 7.13. The van der Waals surface area contributed by atoms with Crippen LogP contribution in [-0.4, -0.2) is 31.0 Å². The Kier molecular flexibility index (Phi) is 5.57. The molecule has 0 aliphatic heterocycles. The van der Waals surface area contributed by atoms with Crippen molar-refractivity contribution in [1.82, 2.24) is 5.32 Å². The normalized spacial score (nSPS) is 13.8. The number of methoxy groups -OCH3 is 1. The van der Waals surface area contributed by atoms with E-state index in [1.165, 1.54) is 0 Å². The number of hydrogen-bond donors (Lipinski definition) is 2. The summed E-state index contributed by atoms with van der Waals surface area (Å²) in [5.41, 5.74) is -0.803. The molecule has 0 unspecified atom stereocenters. The molecule has 4 nitrogen and oxygen atoms in total. The van der Waals surface area contributed by atoms with E-state index in [0.29, 0.717) is 11.6 Å². The fraction of sp³-hybridized carbons (Fsp3) is 0.308. The number of nitrogens with one attached hydrogen (secondary N) is 1. The molecule has 0 aliphatic carbocycles. The highest BCUT2D eigenvalue weighted by molar-refractivity contribution is 5.82. The number of aliphatic hydroxyl groups is 1. The van der Waals surface area contributed by atoms with Gasteiger partial charge in [-0.1, -0.05) is 30.3 Å². The summed E-state index contributed by atoms with van der Waals surface area (Å²) >= 11 is 0. The molecule has 0 radical (unpaired) electrons. The van der Waals surface area contributed by atoms with Crippen molar-refractivity contribution < 1.29 is 27.8 Å². The van der Waals surface area contributed by atoms with Gasteiger partial charge in [-0.15, -0.1) is 0 Å². The van der Waals surface area contributed by atoms with Gasteiger partial charge in [0.15, 0.2) is 0 Å². The van der Waals surface area contributed by atoms with Crippen molar-refractivity contribution in [2.24, 2.45) is 0 Å². The van der Waals surface area contributed by atoms with Gasteiger partial charge in [-0.05, 0) is 5.56 Å². The molecule has 0 heterocycles. The van der Waals surface area contributed by atoms with Crippen LogP contribution in [0, 0.1) is 0 Å². The van der Waals surface area contributed by atoms with Gasteiger partial charge in [0, 0.05) is 0 Å². The number of alkyl halides is 3. The van der Waals surface area contributed by atoms with Crippen molar-refractivity contribution in [2.45, 2.75) is 12.2 Å². The van der Waals surface area contributed by atoms with E-state index in [9.17, 15) is 23.1 Å². The van der Waals surface area contributed by atoms with Crippen molar-refractivity contribution in [2.75, 3.05) is 13.7 Å². The third kappa shape index (κ3) is 4.58. The Labute approximate surface area is 113 Å². The molecule has 1 aromatic carbocycles. The van der Waals surface area contributed by atoms with Gasteiger partial charge in [-0.2, -0.15) is 13.2 Å². The molecule has 1 aromatic rings. The zero-order chi connectivity index (χ0) is 15.2. The van der Waals surface area contributed by atoms with E-state index in [2.05, 4.69) is 10.1 Å². The molecule has 110 valence electrons. The van der Waals surface area contributed by atoms with Crippen LogP contribution >= 0.6 is 0 Å². The number of ether oxygens (including phenoxy) is 1. The van der Waals surface area contributed by atoms with Gasteiger partial charge in [0.05, 0.1) is 25.8 Å². The Morgan fingerprint density at radius 1 is 1.40 bits per heavy atom. The second kappa shape index (κ2) is 6.95. The summed E-state index contributed by atoms with van der Waals surface area (Å²) in [4.78, 5) is 11.0. The summed E-state index contributed by atoms with van der Waals surface area (Å²) in [5.74, 6) is -1.13. The SMILES string of the molecule is COC(=O)/C=C(\N[C@H](CO)c1ccccc1)C(F)(F)F. The van der Waals surface area contributed by atoms with Crippen molar-refractivity contribution in [3.63, 3.8) is 0 Å². The van der Waals surface area contributed by atoms with Crippen LogP contribution in [0.3, 0.4) is 0 Å². The highest BCUT2D eigenvalue weighted by Gasteiger charge is 2.36. The first kappa shape index (κ1) is 16.0. The standard InChI is InChI=1S/C13H14F3NO3/c1-20-12(19)7-11(13(14,15)16)17-10(8-18)9-5-3-2-4-6-9/h2-7,10,17-18H,8H2,1H3/b11-7-/t10-/m1/s1. The second-order valence-electron chi connectivity index (χ2n) is 3.87. The van der Waals surface area contributed by atoms with Crippen molar-refractivity contribution in [3.05, 3.63) is 47.7 Å². The van der Waals surface area contributed by atoms with Crippen LogP contribution in [0.2, 0.25) is 0 Å². The second-order valence-corrected chi connectivity index (χ2v) is 3.87. The lowest BCUT2D eigenvalue weighted by Crippen LogP contribution is -2.32. The Bertz CT molecular complexity index is 471. The van der Waals surface area contributed by atoms with Gasteiger partial charge in [0.1, 0.15) is 5.70 Å². The van der Waals surface area contributed by atoms with E-state index in [0.717, 1.165) is 7.11 Å². The fourth-order valence-electron chi connectivity index (χ4n) is 1.49. The lowest BCUT2D eigenvalue weighted by Gasteiger charge is -2.21. The molecule has 2 N–H and O–H groups in total. The van der Waals surface area contributed by atoms with E-state index in [1.54, 1.807) is 30.3 Å². The molecule has 0 aliphatic rings. The van der Waals surface area contributed by atoms with Gasteiger partial charge in [0.25, 0.3) is 0 Å². The van der Waals surface area contributed by atoms with Crippen LogP contribution in [0.15, 0.2) is 42.1 Å². The number of carbonyl (C=O) groups excluding carboxylic acids is 1. The smallest absolute Gasteiger partial charge is 0.431 e. The van der Waals surface area contributed by atoms with Crippen LogP contribution in [0.25, 0.3) is 0 Å². The number of rotatable bonds is 5. The van der Waals surface area contributed by atoms with Gasteiger partial charge >= 0.3 is 12.1 Å². The summed E-state index contributed by atoms with van der Waals surface area (Å²) in [6.07, 6.45) is -4.44. The molecule has 0 aromatic heterocycles. The van der Waals surface area contributed by atoms with E-state index in [-0.39, 0.29) is 0 Å². The molecular formula is C13H14F3NO3. The zero-order valence-electron chi connectivity index (χ0n) is 10.6. The average Bonchev–Trinajstić information content (AvgIpc) is 2.42. The third-order valence-corrected chi connectivity index (χ3v) is 2.48. The minimum Gasteiger partial charge on any atom is -0.466 e. The number of hydrogen-bond acceptors (Lipinski definition) is 4. The quantitative estimate of drug-likeness (QED) is 0.642.